The molecule has 0 aliphatic rings. The largest absolute Gasteiger partial charge is 0.497 e. The van der Waals surface area contributed by atoms with Crippen molar-refractivity contribution in [3.63, 3.8) is 0 Å². The number of carbonyl (C=O) groups is 2. The number of likely N-dealkylation sites (N-methyl/N-ethyl adjacent to an activating group) is 1. The number of nitrogens with zero attached hydrogens (tertiary/aromatic N) is 2. The number of ether oxygens (including phenoxy) is 1. The van der Waals surface area contributed by atoms with E-state index in [1.807, 2.05) is 0 Å². The first kappa shape index (κ1) is 25.9. The molecule has 174 valence electrons. The Hall–Kier alpha value is -2.34. The van der Waals surface area contributed by atoms with Crippen LogP contribution in [0.3, 0.4) is 0 Å². The molecule has 2 aromatic carbocycles. The Bertz CT molecular complexity index is 1030. The topological polar surface area (TPSA) is 96.0 Å². The van der Waals surface area contributed by atoms with Gasteiger partial charge in [0, 0.05) is 16.7 Å². The Morgan fingerprint density at radius 1 is 1.09 bits per heavy atom. The van der Waals surface area contributed by atoms with Gasteiger partial charge in [-0.1, -0.05) is 12.1 Å². The number of hydrogen-bond donors (Lipinski definition) is 1. The lowest BCUT2D eigenvalue weighted by molar-refractivity contribution is -0.139. The zero-order chi connectivity index (χ0) is 23.9. The molecule has 0 saturated carbocycles. The normalized spacial score (nSPS) is 12.0. The van der Waals surface area contributed by atoms with Crippen LogP contribution in [-0.4, -0.2) is 57.6 Å². The molecule has 32 heavy (non-hydrogen) atoms. The van der Waals surface area contributed by atoms with Gasteiger partial charge in [0.15, 0.2) is 0 Å². The second-order valence-corrected chi connectivity index (χ2v) is 10.3. The smallest absolute Gasteiger partial charge is 0.244 e. The van der Waals surface area contributed by atoms with Crippen molar-refractivity contribution < 1.29 is 22.7 Å². The minimum Gasteiger partial charge on any atom is -0.497 e. The Kier molecular flexibility index (Phi) is 9.32. The average Bonchev–Trinajstić information content (AvgIpc) is 2.75. The molecule has 0 spiro atoms. The summed E-state index contributed by atoms with van der Waals surface area (Å²) in [5.41, 5.74) is 1.17. The van der Waals surface area contributed by atoms with Crippen LogP contribution in [0.5, 0.6) is 5.75 Å². The van der Waals surface area contributed by atoms with Crippen LogP contribution in [0.15, 0.2) is 48.5 Å². The van der Waals surface area contributed by atoms with Crippen molar-refractivity contribution in [2.75, 3.05) is 30.8 Å². The van der Waals surface area contributed by atoms with Crippen molar-refractivity contribution in [2.45, 2.75) is 26.4 Å². The Morgan fingerprint density at radius 2 is 1.69 bits per heavy atom. The van der Waals surface area contributed by atoms with Crippen LogP contribution < -0.4 is 14.4 Å². The van der Waals surface area contributed by atoms with Crippen molar-refractivity contribution in [3.05, 3.63) is 57.7 Å². The molecule has 0 saturated heterocycles. The standard InChI is InChI=1S/C22H28IN3O5S/c1-5-24-22(28)16(2)25(14-17-6-12-20(31-3)13-7-17)21(27)15-26(32(4,29)30)19-10-8-18(23)9-11-19/h6-13,16H,5,14-15H2,1-4H3,(H,24,28)/t16-/m0/s1. The summed E-state index contributed by atoms with van der Waals surface area (Å²) in [5.74, 6) is -0.122. The molecule has 8 nitrogen and oxygen atoms in total. The van der Waals surface area contributed by atoms with Crippen molar-refractivity contribution in [2.24, 2.45) is 0 Å². The summed E-state index contributed by atoms with van der Waals surface area (Å²) >= 11 is 2.12. The maximum absolute atomic E-state index is 13.3. The summed E-state index contributed by atoms with van der Waals surface area (Å²) in [6.45, 7) is 3.57. The maximum atomic E-state index is 13.3. The second kappa shape index (κ2) is 11.5. The summed E-state index contributed by atoms with van der Waals surface area (Å²) in [6.07, 6.45) is 1.05. The molecule has 1 N–H and O–H groups in total. The lowest BCUT2D eigenvalue weighted by Crippen LogP contribution is -2.51. The predicted molar refractivity (Wildman–Crippen MR) is 133 cm³/mol. The van der Waals surface area contributed by atoms with E-state index in [2.05, 4.69) is 27.9 Å². The molecule has 0 aliphatic carbocycles. The van der Waals surface area contributed by atoms with Crippen LogP contribution in [0.2, 0.25) is 0 Å². The molecule has 2 aromatic rings. The molecule has 0 radical (unpaired) electrons. The third-order valence-electron chi connectivity index (χ3n) is 4.82. The number of amides is 2. The number of sulfonamides is 1. The molecular formula is C22H28IN3O5S. The third-order valence-corrected chi connectivity index (χ3v) is 6.68. The molecule has 2 rings (SSSR count). The van der Waals surface area contributed by atoms with Crippen molar-refractivity contribution in [3.8, 4) is 5.75 Å². The van der Waals surface area contributed by atoms with Gasteiger partial charge >= 0.3 is 0 Å². The fraction of sp³-hybridized carbons (Fsp3) is 0.364. The number of halogens is 1. The van der Waals surface area contributed by atoms with E-state index >= 15 is 0 Å². The van der Waals surface area contributed by atoms with E-state index < -0.39 is 28.5 Å². The average molecular weight is 573 g/mol. The first-order valence-electron chi connectivity index (χ1n) is 10.00. The summed E-state index contributed by atoms with van der Waals surface area (Å²) < 4.78 is 32.1. The lowest BCUT2D eigenvalue weighted by atomic mass is 10.1. The van der Waals surface area contributed by atoms with Crippen LogP contribution in [0.1, 0.15) is 19.4 Å². The minimum atomic E-state index is -3.73. The molecular weight excluding hydrogens is 545 g/mol. The molecule has 0 heterocycles. The number of nitrogens with one attached hydrogen (secondary N) is 1. The molecule has 0 aliphatic heterocycles. The number of anilines is 1. The van der Waals surface area contributed by atoms with E-state index in [1.54, 1.807) is 69.5 Å². The number of hydrogen-bond acceptors (Lipinski definition) is 5. The first-order valence-corrected chi connectivity index (χ1v) is 12.9. The predicted octanol–water partition coefficient (Wildman–Crippen LogP) is 2.62. The lowest BCUT2D eigenvalue weighted by Gasteiger charge is -2.31. The van der Waals surface area contributed by atoms with Gasteiger partial charge in [-0.3, -0.25) is 13.9 Å². The second-order valence-electron chi connectivity index (χ2n) is 7.19. The SMILES string of the molecule is CCNC(=O)[C@H](C)N(Cc1ccc(OC)cc1)C(=O)CN(c1ccc(I)cc1)S(C)(=O)=O. The first-order chi connectivity index (χ1) is 15.1. The monoisotopic (exact) mass is 573 g/mol. The molecule has 10 heteroatoms. The van der Waals surface area contributed by atoms with E-state index in [1.165, 1.54) is 4.90 Å². The van der Waals surface area contributed by atoms with E-state index in [0.717, 1.165) is 19.7 Å². The van der Waals surface area contributed by atoms with Gasteiger partial charge in [-0.15, -0.1) is 0 Å². The van der Waals surface area contributed by atoms with Gasteiger partial charge < -0.3 is 15.0 Å². The van der Waals surface area contributed by atoms with Gasteiger partial charge in [-0.05, 0) is 78.4 Å². The Labute approximate surface area is 203 Å². The van der Waals surface area contributed by atoms with E-state index in [9.17, 15) is 18.0 Å². The van der Waals surface area contributed by atoms with Crippen LogP contribution in [0.4, 0.5) is 5.69 Å². The molecule has 1 atom stereocenters. The molecule has 0 fully saturated rings. The number of rotatable bonds is 10. The summed E-state index contributed by atoms with van der Waals surface area (Å²) in [7, 11) is -2.17. The van der Waals surface area contributed by atoms with Crippen molar-refractivity contribution in [1.29, 1.82) is 0 Å². The van der Waals surface area contributed by atoms with Gasteiger partial charge in [0.1, 0.15) is 18.3 Å². The highest BCUT2D eigenvalue weighted by atomic mass is 127. The highest BCUT2D eigenvalue weighted by Crippen LogP contribution is 2.21. The fourth-order valence-corrected chi connectivity index (χ4v) is 4.26. The highest BCUT2D eigenvalue weighted by Gasteiger charge is 2.29. The molecule has 0 bridgehead atoms. The van der Waals surface area contributed by atoms with Crippen LogP contribution in [0.25, 0.3) is 0 Å². The fourth-order valence-electron chi connectivity index (χ4n) is 3.05. The van der Waals surface area contributed by atoms with Gasteiger partial charge in [0.2, 0.25) is 21.8 Å². The number of methoxy groups -OCH3 is 1. The Morgan fingerprint density at radius 3 is 2.19 bits per heavy atom. The van der Waals surface area contributed by atoms with Crippen molar-refractivity contribution >= 4 is 50.1 Å². The van der Waals surface area contributed by atoms with Crippen molar-refractivity contribution in [1.82, 2.24) is 10.2 Å². The summed E-state index contributed by atoms with van der Waals surface area (Å²) in [4.78, 5) is 27.2. The highest BCUT2D eigenvalue weighted by molar-refractivity contribution is 14.1. The molecule has 0 aromatic heterocycles. The van der Waals surface area contributed by atoms with E-state index in [-0.39, 0.29) is 12.5 Å². The molecule has 0 unspecified atom stereocenters. The third kappa shape index (κ3) is 7.09. The van der Waals surface area contributed by atoms with Crippen LogP contribution in [-0.2, 0) is 26.2 Å². The van der Waals surface area contributed by atoms with Crippen LogP contribution >= 0.6 is 22.6 Å². The zero-order valence-corrected chi connectivity index (χ0v) is 21.5. The van der Waals surface area contributed by atoms with E-state index in [4.69, 9.17) is 4.74 Å². The maximum Gasteiger partial charge on any atom is 0.244 e. The summed E-state index contributed by atoms with van der Waals surface area (Å²) in [5, 5.41) is 2.72. The number of benzene rings is 2. The van der Waals surface area contributed by atoms with E-state index in [0.29, 0.717) is 18.0 Å². The Balaban J connectivity index is 2.35. The molecule has 2 amide bonds. The van der Waals surface area contributed by atoms with Gasteiger partial charge in [-0.25, -0.2) is 8.42 Å². The number of carbonyl (C=O) groups excluding carboxylic acids is 2. The quantitative estimate of drug-likeness (QED) is 0.441. The zero-order valence-electron chi connectivity index (χ0n) is 18.5. The van der Waals surface area contributed by atoms with Crippen LogP contribution in [0, 0.1) is 3.57 Å². The van der Waals surface area contributed by atoms with Gasteiger partial charge in [0.25, 0.3) is 0 Å². The van der Waals surface area contributed by atoms with Gasteiger partial charge in [0.05, 0.1) is 19.1 Å². The van der Waals surface area contributed by atoms with Gasteiger partial charge in [-0.2, -0.15) is 0 Å². The minimum absolute atomic E-state index is 0.144. The summed E-state index contributed by atoms with van der Waals surface area (Å²) in [6, 6.07) is 13.2.